The highest BCUT2D eigenvalue weighted by Crippen LogP contribution is 2.49. The van der Waals surface area contributed by atoms with E-state index in [1.165, 1.54) is 50.4 Å². The van der Waals surface area contributed by atoms with Crippen molar-refractivity contribution in [2.75, 3.05) is 0 Å². The molecule has 0 unspecified atom stereocenters. The fourth-order valence-corrected chi connectivity index (χ4v) is 5.77. The van der Waals surface area contributed by atoms with Gasteiger partial charge in [-0.15, -0.1) is 0 Å². The third-order valence-corrected chi connectivity index (χ3v) is 7.45. The van der Waals surface area contributed by atoms with Gasteiger partial charge in [-0.1, -0.05) is 117 Å². The molecule has 5 aromatic rings. The number of nitrogens with zero attached hydrogens (tertiary/aromatic N) is 1. The molecule has 6 rings (SSSR count). The number of rotatable bonds is 4. The van der Waals surface area contributed by atoms with Crippen LogP contribution in [0.25, 0.3) is 0 Å². The van der Waals surface area contributed by atoms with Crippen LogP contribution in [0, 0.1) is 5.92 Å². The maximum atomic E-state index is 4.23. The Balaban J connectivity index is 1.47. The van der Waals surface area contributed by atoms with Gasteiger partial charge in [0.15, 0.2) is 0 Å². The van der Waals surface area contributed by atoms with Crippen LogP contribution >= 0.6 is 0 Å². The molecule has 1 heterocycles. The molecule has 35 heavy (non-hydrogen) atoms. The van der Waals surface area contributed by atoms with Gasteiger partial charge < -0.3 is 0 Å². The molecule has 0 saturated carbocycles. The SMILES string of the molecule is CC1(C)c2ccccc2C(c2ccc([C](c3ccccc3)c3ccncc3)cc2)c2ccccc21. The van der Waals surface area contributed by atoms with Gasteiger partial charge in [0.1, 0.15) is 0 Å². The fraction of sp³-hybridized carbons (Fsp3) is 0.118. The number of fused-ring (bicyclic) bond motifs is 2. The molecule has 4 aromatic carbocycles. The first-order chi connectivity index (χ1) is 17.1. The molecule has 0 bridgehead atoms. The van der Waals surface area contributed by atoms with Gasteiger partial charge in [0.25, 0.3) is 0 Å². The molecule has 1 aliphatic carbocycles. The Morgan fingerprint density at radius 1 is 0.543 bits per heavy atom. The molecule has 0 fully saturated rings. The van der Waals surface area contributed by atoms with Crippen LogP contribution in [0.4, 0.5) is 0 Å². The summed E-state index contributed by atoms with van der Waals surface area (Å²) >= 11 is 0. The number of hydrogen-bond donors (Lipinski definition) is 0. The highest BCUT2D eigenvalue weighted by Gasteiger charge is 2.37. The zero-order valence-electron chi connectivity index (χ0n) is 20.1. The third-order valence-electron chi connectivity index (χ3n) is 7.45. The second-order valence-electron chi connectivity index (χ2n) is 9.83. The Labute approximate surface area is 208 Å². The average Bonchev–Trinajstić information content (AvgIpc) is 2.91. The summed E-state index contributed by atoms with van der Waals surface area (Å²) in [6.07, 6.45) is 3.73. The molecule has 0 N–H and O–H groups in total. The van der Waals surface area contributed by atoms with Gasteiger partial charge in [0.2, 0.25) is 0 Å². The summed E-state index contributed by atoms with van der Waals surface area (Å²) in [5.74, 6) is 1.45. The van der Waals surface area contributed by atoms with Crippen molar-refractivity contribution in [3.8, 4) is 0 Å². The fourth-order valence-electron chi connectivity index (χ4n) is 5.77. The number of pyridine rings is 1. The molecular formula is C34H28N. The molecule has 0 amide bonds. The quantitative estimate of drug-likeness (QED) is 0.271. The van der Waals surface area contributed by atoms with Crippen LogP contribution in [0.3, 0.4) is 0 Å². The Morgan fingerprint density at radius 2 is 1.03 bits per heavy atom. The Kier molecular flexibility index (Phi) is 5.34. The van der Waals surface area contributed by atoms with E-state index in [1.807, 2.05) is 12.4 Å². The summed E-state index contributed by atoms with van der Waals surface area (Å²) in [6, 6.07) is 41.9. The lowest BCUT2D eigenvalue weighted by atomic mass is 9.64. The molecule has 0 aliphatic heterocycles. The van der Waals surface area contributed by atoms with E-state index >= 15 is 0 Å². The van der Waals surface area contributed by atoms with E-state index < -0.39 is 0 Å². The van der Waals surface area contributed by atoms with Crippen LogP contribution in [0.1, 0.15) is 64.3 Å². The monoisotopic (exact) mass is 450 g/mol. The van der Waals surface area contributed by atoms with Gasteiger partial charge in [-0.2, -0.15) is 0 Å². The van der Waals surface area contributed by atoms with E-state index in [2.05, 4.69) is 134 Å². The van der Waals surface area contributed by atoms with Crippen LogP contribution in [-0.2, 0) is 5.41 Å². The summed E-state index contributed by atoms with van der Waals surface area (Å²) in [6.45, 7) is 4.69. The van der Waals surface area contributed by atoms with Gasteiger partial charge in [-0.05, 0) is 56.6 Å². The summed E-state index contributed by atoms with van der Waals surface area (Å²) < 4.78 is 0. The summed E-state index contributed by atoms with van der Waals surface area (Å²) in [7, 11) is 0. The molecule has 1 radical (unpaired) electrons. The minimum Gasteiger partial charge on any atom is -0.265 e. The average molecular weight is 451 g/mol. The van der Waals surface area contributed by atoms with Gasteiger partial charge in [-0.3, -0.25) is 4.98 Å². The lowest BCUT2D eigenvalue weighted by Gasteiger charge is -2.39. The van der Waals surface area contributed by atoms with Crippen molar-refractivity contribution in [2.45, 2.75) is 25.2 Å². The minimum atomic E-state index is -0.0147. The van der Waals surface area contributed by atoms with Gasteiger partial charge in [0.05, 0.1) is 5.92 Å². The highest BCUT2D eigenvalue weighted by atomic mass is 14.6. The van der Waals surface area contributed by atoms with Crippen LogP contribution in [0.15, 0.2) is 128 Å². The lowest BCUT2D eigenvalue weighted by molar-refractivity contribution is 0.597. The van der Waals surface area contributed by atoms with Crippen molar-refractivity contribution in [3.63, 3.8) is 0 Å². The second kappa shape index (κ2) is 8.67. The van der Waals surface area contributed by atoms with Crippen LogP contribution in [0.5, 0.6) is 0 Å². The maximum Gasteiger partial charge on any atom is 0.0630 e. The first kappa shape index (κ1) is 21.6. The molecule has 1 nitrogen and oxygen atoms in total. The molecule has 0 saturated heterocycles. The first-order valence-electron chi connectivity index (χ1n) is 12.3. The molecular weight excluding hydrogens is 422 g/mol. The van der Waals surface area contributed by atoms with Crippen molar-refractivity contribution in [3.05, 3.63) is 178 Å². The minimum absolute atomic E-state index is 0.0147. The topological polar surface area (TPSA) is 12.9 Å². The third kappa shape index (κ3) is 3.68. The zero-order valence-corrected chi connectivity index (χ0v) is 20.1. The summed E-state index contributed by atoms with van der Waals surface area (Å²) in [5.41, 5.74) is 10.6. The first-order valence-corrected chi connectivity index (χ1v) is 12.3. The Hall–Kier alpha value is -3.97. The van der Waals surface area contributed by atoms with Crippen molar-refractivity contribution in [1.29, 1.82) is 0 Å². The van der Waals surface area contributed by atoms with E-state index in [0.717, 1.165) is 0 Å². The lowest BCUT2D eigenvalue weighted by Crippen LogP contribution is -2.29. The molecule has 169 valence electrons. The van der Waals surface area contributed by atoms with Crippen LogP contribution in [-0.4, -0.2) is 4.98 Å². The molecule has 0 spiro atoms. The molecule has 1 aliphatic rings. The van der Waals surface area contributed by atoms with Crippen molar-refractivity contribution < 1.29 is 0 Å². The summed E-state index contributed by atoms with van der Waals surface area (Å²) in [4.78, 5) is 4.23. The second-order valence-corrected chi connectivity index (χ2v) is 9.83. The Morgan fingerprint density at radius 3 is 1.63 bits per heavy atom. The van der Waals surface area contributed by atoms with E-state index in [9.17, 15) is 0 Å². The van der Waals surface area contributed by atoms with E-state index in [4.69, 9.17) is 0 Å². The van der Waals surface area contributed by atoms with E-state index in [0.29, 0.717) is 0 Å². The highest BCUT2D eigenvalue weighted by molar-refractivity contribution is 5.61. The van der Waals surface area contributed by atoms with E-state index in [1.54, 1.807) is 0 Å². The Bertz CT molecular complexity index is 1360. The summed E-state index contributed by atoms with van der Waals surface area (Å²) in [5, 5.41) is 0. The largest absolute Gasteiger partial charge is 0.265 e. The standard InChI is InChI=1S/C34H28N/c1-34(2)30-14-8-6-12-28(30)33(29-13-7-9-15-31(29)34)26-18-16-25(17-19-26)32(24-10-4-3-5-11-24)27-20-22-35-23-21-27/h3-23,33H,1-2H3. The van der Waals surface area contributed by atoms with Crippen molar-refractivity contribution in [2.24, 2.45) is 0 Å². The normalized spacial score (nSPS) is 14.4. The van der Waals surface area contributed by atoms with E-state index in [-0.39, 0.29) is 11.3 Å². The molecule has 0 atom stereocenters. The number of hydrogen-bond acceptors (Lipinski definition) is 1. The van der Waals surface area contributed by atoms with Gasteiger partial charge in [0, 0.05) is 23.7 Å². The maximum absolute atomic E-state index is 4.23. The van der Waals surface area contributed by atoms with Gasteiger partial charge in [-0.25, -0.2) is 0 Å². The zero-order chi connectivity index (χ0) is 23.8. The van der Waals surface area contributed by atoms with Crippen molar-refractivity contribution in [1.82, 2.24) is 4.98 Å². The van der Waals surface area contributed by atoms with Crippen molar-refractivity contribution >= 4 is 0 Å². The predicted molar refractivity (Wildman–Crippen MR) is 144 cm³/mol. The predicted octanol–water partition coefficient (Wildman–Crippen LogP) is 7.92. The van der Waals surface area contributed by atoms with Crippen LogP contribution in [0.2, 0.25) is 0 Å². The number of benzene rings is 4. The number of aromatic nitrogens is 1. The molecule has 1 aromatic heterocycles. The smallest absolute Gasteiger partial charge is 0.0630 e. The molecule has 1 heteroatoms. The van der Waals surface area contributed by atoms with Crippen LogP contribution < -0.4 is 0 Å². The van der Waals surface area contributed by atoms with Gasteiger partial charge >= 0.3 is 0 Å².